The lowest BCUT2D eigenvalue weighted by Crippen LogP contribution is -2.34. The van der Waals surface area contributed by atoms with Gasteiger partial charge in [0.15, 0.2) is 0 Å². The molecule has 1 unspecified atom stereocenters. The highest BCUT2D eigenvalue weighted by atomic mass is 16.5. The van der Waals surface area contributed by atoms with Gasteiger partial charge in [-0.05, 0) is 43.4 Å². The summed E-state index contributed by atoms with van der Waals surface area (Å²) in [5.74, 6) is 0.899. The number of nitrogens with one attached hydrogen (secondary N) is 1. The molecule has 0 bridgehead atoms. The first-order chi connectivity index (χ1) is 11.1. The molecule has 120 valence electrons. The number of aromatic nitrogens is 1. The van der Waals surface area contributed by atoms with E-state index in [4.69, 9.17) is 4.74 Å². The standard InChI is InChI=1S/C18H21N3O2/c1-21(2)16(12-20-18(22)13-5-8-19-9-6-13)14-3-4-17-15(11-14)7-10-23-17/h3-6,8-9,11,16H,7,10,12H2,1-2H3,(H,20,22). The minimum Gasteiger partial charge on any atom is -0.493 e. The van der Waals surface area contributed by atoms with Crippen LogP contribution >= 0.6 is 0 Å². The van der Waals surface area contributed by atoms with Gasteiger partial charge in [-0.1, -0.05) is 12.1 Å². The van der Waals surface area contributed by atoms with E-state index in [-0.39, 0.29) is 11.9 Å². The summed E-state index contributed by atoms with van der Waals surface area (Å²) in [4.78, 5) is 18.3. The van der Waals surface area contributed by atoms with E-state index in [0.29, 0.717) is 12.1 Å². The maximum absolute atomic E-state index is 12.2. The molecule has 0 fully saturated rings. The molecule has 5 heteroatoms. The molecule has 0 saturated heterocycles. The molecule has 1 N–H and O–H groups in total. The van der Waals surface area contributed by atoms with Crippen LogP contribution in [0.2, 0.25) is 0 Å². The number of nitrogens with zero attached hydrogens (tertiary/aromatic N) is 2. The van der Waals surface area contributed by atoms with Gasteiger partial charge >= 0.3 is 0 Å². The third-order valence-corrected chi connectivity index (χ3v) is 4.12. The van der Waals surface area contributed by atoms with E-state index < -0.39 is 0 Å². The summed E-state index contributed by atoms with van der Waals surface area (Å²) in [7, 11) is 4.04. The van der Waals surface area contributed by atoms with Crippen molar-refractivity contribution in [2.45, 2.75) is 12.5 Å². The van der Waals surface area contributed by atoms with E-state index >= 15 is 0 Å². The van der Waals surface area contributed by atoms with Gasteiger partial charge in [0.1, 0.15) is 5.75 Å². The zero-order valence-corrected chi connectivity index (χ0v) is 13.5. The van der Waals surface area contributed by atoms with Gasteiger partial charge in [-0.2, -0.15) is 0 Å². The summed E-state index contributed by atoms with van der Waals surface area (Å²) >= 11 is 0. The Kier molecular flexibility index (Phi) is 4.57. The lowest BCUT2D eigenvalue weighted by atomic mass is 10.0. The van der Waals surface area contributed by atoms with Gasteiger partial charge in [0.2, 0.25) is 0 Å². The number of hydrogen-bond donors (Lipinski definition) is 1. The van der Waals surface area contributed by atoms with Crippen LogP contribution in [0, 0.1) is 0 Å². The number of pyridine rings is 1. The Balaban J connectivity index is 1.71. The highest BCUT2D eigenvalue weighted by Crippen LogP contribution is 2.29. The molecule has 1 amide bonds. The van der Waals surface area contributed by atoms with Crippen LogP contribution in [0.4, 0.5) is 0 Å². The molecule has 2 aromatic rings. The lowest BCUT2D eigenvalue weighted by Gasteiger charge is -2.25. The first kappa shape index (κ1) is 15.5. The molecule has 1 aliphatic heterocycles. The van der Waals surface area contributed by atoms with Crippen molar-refractivity contribution in [3.8, 4) is 5.75 Å². The predicted octanol–water partition coefficient (Wildman–Crippen LogP) is 2.05. The Labute approximate surface area is 136 Å². The third kappa shape index (κ3) is 3.51. The zero-order valence-electron chi connectivity index (χ0n) is 13.5. The maximum atomic E-state index is 12.2. The maximum Gasteiger partial charge on any atom is 0.251 e. The van der Waals surface area contributed by atoms with Gasteiger partial charge in [0.05, 0.1) is 12.6 Å². The van der Waals surface area contributed by atoms with Crippen molar-refractivity contribution in [3.63, 3.8) is 0 Å². The lowest BCUT2D eigenvalue weighted by molar-refractivity contribution is 0.0942. The molecular weight excluding hydrogens is 290 g/mol. The SMILES string of the molecule is CN(C)C(CNC(=O)c1ccncc1)c1ccc2c(c1)CCO2. The molecule has 3 rings (SSSR count). The number of ether oxygens (including phenoxy) is 1. The van der Waals surface area contributed by atoms with Gasteiger partial charge in [-0.3, -0.25) is 9.78 Å². The van der Waals surface area contributed by atoms with E-state index in [1.165, 1.54) is 11.1 Å². The number of fused-ring (bicyclic) bond motifs is 1. The molecule has 1 aliphatic rings. The van der Waals surface area contributed by atoms with E-state index in [1.807, 2.05) is 20.2 Å². The Hall–Kier alpha value is -2.40. The molecule has 1 atom stereocenters. The summed E-state index contributed by atoms with van der Waals surface area (Å²) in [5, 5.41) is 3.01. The van der Waals surface area contributed by atoms with Crippen molar-refractivity contribution in [1.29, 1.82) is 0 Å². The highest BCUT2D eigenvalue weighted by molar-refractivity contribution is 5.93. The van der Waals surface area contributed by atoms with Gasteiger partial charge in [-0.25, -0.2) is 0 Å². The van der Waals surface area contributed by atoms with E-state index in [9.17, 15) is 4.79 Å². The topological polar surface area (TPSA) is 54.5 Å². The third-order valence-electron chi connectivity index (χ3n) is 4.12. The second-order valence-corrected chi connectivity index (χ2v) is 5.89. The van der Waals surface area contributed by atoms with Crippen LogP contribution in [0.5, 0.6) is 5.75 Å². The summed E-state index contributed by atoms with van der Waals surface area (Å²) < 4.78 is 5.56. The fourth-order valence-electron chi connectivity index (χ4n) is 2.81. The molecular formula is C18H21N3O2. The van der Waals surface area contributed by atoms with Crippen molar-refractivity contribution in [2.75, 3.05) is 27.2 Å². The van der Waals surface area contributed by atoms with Crippen LogP contribution in [-0.2, 0) is 6.42 Å². The van der Waals surface area contributed by atoms with Crippen molar-refractivity contribution in [2.24, 2.45) is 0 Å². The van der Waals surface area contributed by atoms with E-state index in [1.54, 1.807) is 24.5 Å². The molecule has 0 spiro atoms. The van der Waals surface area contributed by atoms with Crippen LogP contribution in [0.15, 0.2) is 42.7 Å². The summed E-state index contributed by atoms with van der Waals surface area (Å²) in [6.45, 7) is 1.30. The Morgan fingerprint density at radius 1 is 1.30 bits per heavy atom. The van der Waals surface area contributed by atoms with Gasteiger partial charge < -0.3 is 15.0 Å². The van der Waals surface area contributed by atoms with Gasteiger partial charge in [0.25, 0.3) is 5.91 Å². The normalized spacial score (nSPS) is 14.2. The monoisotopic (exact) mass is 311 g/mol. The van der Waals surface area contributed by atoms with Gasteiger partial charge in [0, 0.05) is 30.9 Å². The number of hydrogen-bond acceptors (Lipinski definition) is 4. The van der Waals surface area contributed by atoms with Crippen LogP contribution in [-0.4, -0.2) is 43.0 Å². The summed E-state index contributed by atoms with van der Waals surface area (Å²) in [6, 6.07) is 9.84. The number of amides is 1. The first-order valence-corrected chi connectivity index (χ1v) is 7.75. The van der Waals surface area contributed by atoms with Crippen LogP contribution in [0.3, 0.4) is 0 Å². The molecule has 0 radical (unpaired) electrons. The Morgan fingerprint density at radius 2 is 2.09 bits per heavy atom. The predicted molar refractivity (Wildman–Crippen MR) is 88.6 cm³/mol. The van der Waals surface area contributed by atoms with Crippen LogP contribution < -0.4 is 10.1 Å². The molecule has 23 heavy (non-hydrogen) atoms. The average molecular weight is 311 g/mol. The molecule has 0 saturated carbocycles. The van der Waals surface area contributed by atoms with Crippen molar-refractivity contribution in [1.82, 2.24) is 15.2 Å². The quantitative estimate of drug-likeness (QED) is 0.918. The van der Waals surface area contributed by atoms with E-state index in [2.05, 4.69) is 27.3 Å². The number of benzene rings is 1. The zero-order chi connectivity index (χ0) is 16.2. The Morgan fingerprint density at radius 3 is 2.83 bits per heavy atom. The van der Waals surface area contributed by atoms with Crippen LogP contribution in [0.1, 0.15) is 27.5 Å². The number of likely N-dealkylation sites (N-methyl/N-ethyl adjacent to an activating group) is 1. The average Bonchev–Trinajstić information content (AvgIpc) is 3.03. The molecule has 1 aromatic carbocycles. The van der Waals surface area contributed by atoms with Crippen molar-refractivity contribution >= 4 is 5.91 Å². The number of rotatable bonds is 5. The van der Waals surface area contributed by atoms with Crippen molar-refractivity contribution < 1.29 is 9.53 Å². The Bertz CT molecular complexity index is 686. The fourth-order valence-corrected chi connectivity index (χ4v) is 2.81. The van der Waals surface area contributed by atoms with Crippen molar-refractivity contribution in [3.05, 3.63) is 59.4 Å². The molecule has 0 aliphatic carbocycles. The molecule has 2 heterocycles. The summed E-state index contributed by atoms with van der Waals surface area (Å²) in [5.41, 5.74) is 3.06. The summed E-state index contributed by atoms with van der Waals surface area (Å²) in [6.07, 6.45) is 4.20. The minimum atomic E-state index is -0.0799. The number of carbonyl (C=O) groups excluding carboxylic acids is 1. The molecule has 5 nitrogen and oxygen atoms in total. The first-order valence-electron chi connectivity index (χ1n) is 7.75. The van der Waals surface area contributed by atoms with Gasteiger partial charge in [-0.15, -0.1) is 0 Å². The fraction of sp³-hybridized carbons (Fsp3) is 0.333. The smallest absolute Gasteiger partial charge is 0.251 e. The molecule has 1 aromatic heterocycles. The van der Waals surface area contributed by atoms with E-state index in [0.717, 1.165) is 18.8 Å². The second-order valence-electron chi connectivity index (χ2n) is 5.89. The second kappa shape index (κ2) is 6.79. The highest BCUT2D eigenvalue weighted by Gasteiger charge is 2.19. The number of carbonyl (C=O) groups is 1. The van der Waals surface area contributed by atoms with Crippen LogP contribution in [0.25, 0.3) is 0 Å². The minimum absolute atomic E-state index is 0.0799. The largest absolute Gasteiger partial charge is 0.493 e.